The number of hydrogen-bond acceptors (Lipinski definition) is 4. The summed E-state index contributed by atoms with van der Waals surface area (Å²) in [6.07, 6.45) is 1.82. The van der Waals surface area contributed by atoms with E-state index < -0.39 is 0 Å². The van der Waals surface area contributed by atoms with Crippen molar-refractivity contribution in [3.63, 3.8) is 0 Å². The predicted molar refractivity (Wildman–Crippen MR) is 73.4 cm³/mol. The first-order chi connectivity index (χ1) is 8.06. The molecule has 17 heavy (non-hydrogen) atoms. The highest BCUT2D eigenvalue weighted by Gasteiger charge is 2.08. The van der Waals surface area contributed by atoms with Gasteiger partial charge in [-0.25, -0.2) is 9.97 Å². The van der Waals surface area contributed by atoms with Gasteiger partial charge in [0, 0.05) is 11.1 Å². The summed E-state index contributed by atoms with van der Waals surface area (Å²) < 4.78 is 0. The van der Waals surface area contributed by atoms with E-state index in [0.717, 1.165) is 9.88 Å². The van der Waals surface area contributed by atoms with Crippen molar-refractivity contribution >= 4 is 52.0 Å². The Labute approximate surface area is 118 Å². The van der Waals surface area contributed by atoms with Gasteiger partial charge in [0.1, 0.15) is 16.0 Å². The third-order valence-corrected chi connectivity index (χ3v) is 3.84. The Morgan fingerprint density at radius 1 is 1.29 bits per heavy atom. The number of rotatable bonds is 3. The molecule has 2 rings (SSSR count). The van der Waals surface area contributed by atoms with E-state index in [2.05, 4.69) is 15.3 Å². The van der Waals surface area contributed by atoms with Crippen LogP contribution in [0.25, 0.3) is 0 Å². The van der Waals surface area contributed by atoms with E-state index in [-0.39, 0.29) is 5.15 Å². The summed E-state index contributed by atoms with van der Waals surface area (Å²) >= 11 is 19.2. The summed E-state index contributed by atoms with van der Waals surface area (Å²) in [7, 11) is 0. The number of nitrogens with zero attached hydrogens (tertiary/aromatic N) is 2. The normalized spacial score (nSPS) is 10.6. The molecule has 0 atom stereocenters. The van der Waals surface area contributed by atoms with Crippen molar-refractivity contribution in [1.29, 1.82) is 0 Å². The molecule has 0 aliphatic heterocycles. The third-order valence-electron chi connectivity index (χ3n) is 1.96. The second-order valence-corrected chi connectivity index (χ2v) is 5.80. The van der Waals surface area contributed by atoms with Crippen LogP contribution in [0, 0.1) is 6.92 Å². The quantitative estimate of drug-likeness (QED) is 0.853. The van der Waals surface area contributed by atoms with Crippen LogP contribution >= 0.6 is 46.1 Å². The lowest BCUT2D eigenvalue weighted by Gasteiger charge is -2.06. The fraction of sp³-hybridized carbons (Fsp3) is 0.200. The lowest BCUT2D eigenvalue weighted by atomic mass is 10.4. The van der Waals surface area contributed by atoms with Crippen LogP contribution in [-0.2, 0) is 6.54 Å². The largest absolute Gasteiger partial charge is 0.362 e. The highest BCUT2D eigenvalue weighted by molar-refractivity contribution is 7.11. The van der Waals surface area contributed by atoms with E-state index in [1.54, 1.807) is 17.4 Å². The number of nitrogens with one attached hydrogen (secondary N) is 1. The van der Waals surface area contributed by atoms with Crippen LogP contribution in [0.1, 0.15) is 9.88 Å². The number of aromatic nitrogens is 2. The third kappa shape index (κ3) is 3.22. The molecular weight excluding hydrogens is 301 g/mol. The van der Waals surface area contributed by atoms with Crippen LogP contribution in [-0.4, -0.2) is 9.97 Å². The molecule has 1 N–H and O–H groups in total. The summed E-state index contributed by atoms with van der Waals surface area (Å²) in [5.41, 5.74) is 0. The fourth-order valence-corrected chi connectivity index (χ4v) is 2.50. The molecule has 2 aromatic rings. The molecule has 0 spiro atoms. The molecule has 0 fully saturated rings. The predicted octanol–water partition coefficient (Wildman–Crippen LogP) is 4.42. The van der Waals surface area contributed by atoms with Gasteiger partial charge < -0.3 is 5.32 Å². The minimum atomic E-state index is 0.230. The Morgan fingerprint density at radius 3 is 2.71 bits per heavy atom. The average Bonchev–Trinajstić information content (AvgIpc) is 2.68. The lowest BCUT2D eigenvalue weighted by Crippen LogP contribution is -2.01. The number of aryl methyl sites for hydroxylation is 1. The van der Waals surface area contributed by atoms with E-state index in [0.29, 0.717) is 22.4 Å². The van der Waals surface area contributed by atoms with Gasteiger partial charge in [-0.15, -0.1) is 11.3 Å². The van der Waals surface area contributed by atoms with Crippen molar-refractivity contribution in [2.45, 2.75) is 13.5 Å². The second-order valence-electron chi connectivity index (χ2n) is 3.31. The molecule has 0 unspecified atom stereocenters. The lowest BCUT2D eigenvalue weighted by molar-refractivity contribution is 1.08. The van der Waals surface area contributed by atoms with Gasteiger partial charge in [0.25, 0.3) is 0 Å². The summed E-state index contributed by atoms with van der Waals surface area (Å²) in [4.78, 5) is 9.45. The zero-order chi connectivity index (χ0) is 12.4. The molecule has 2 aromatic heterocycles. The molecular formula is C10H8Cl3N3S. The van der Waals surface area contributed by atoms with E-state index in [4.69, 9.17) is 34.8 Å². The summed E-state index contributed by atoms with van der Waals surface area (Å²) in [5, 5.41) is 5.04. The molecule has 0 amide bonds. The van der Waals surface area contributed by atoms with Crippen LogP contribution in [0.3, 0.4) is 0 Å². The number of thiazole rings is 1. The number of halogens is 3. The van der Waals surface area contributed by atoms with Gasteiger partial charge >= 0.3 is 0 Å². The Kier molecular flexibility index (Phi) is 4.09. The highest BCUT2D eigenvalue weighted by atomic mass is 35.5. The molecule has 0 aliphatic carbocycles. The Balaban J connectivity index is 2.11. The van der Waals surface area contributed by atoms with Crippen LogP contribution in [0.15, 0.2) is 12.3 Å². The molecule has 0 aromatic carbocycles. The average molecular weight is 309 g/mol. The van der Waals surface area contributed by atoms with Gasteiger partial charge in [0.05, 0.1) is 16.6 Å². The number of pyridine rings is 1. The van der Waals surface area contributed by atoms with Gasteiger partial charge in [-0.2, -0.15) is 0 Å². The molecule has 3 nitrogen and oxygen atoms in total. The van der Waals surface area contributed by atoms with Crippen LogP contribution in [0.4, 0.5) is 5.82 Å². The summed E-state index contributed by atoms with van der Waals surface area (Å²) in [6, 6.07) is 1.56. The topological polar surface area (TPSA) is 37.8 Å². The van der Waals surface area contributed by atoms with Gasteiger partial charge in [-0.05, 0) is 13.0 Å². The monoisotopic (exact) mass is 307 g/mol. The minimum Gasteiger partial charge on any atom is -0.362 e. The Hall–Kier alpha value is -0.550. The van der Waals surface area contributed by atoms with E-state index >= 15 is 0 Å². The summed E-state index contributed by atoms with van der Waals surface area (Å²) in [5.74, 6) is 0.508. The fourth-order valence-electron chi connectivity index (χ4n) is 1.21. The van der Waals surface area contributed by atoms with Crippen molar-refractivity contribution in [2.24, 2.45) is 0 Å². The van der Waals surface area contributed by atoms with Crippen molar-refractivity contribution in [2.75, 3.05) is 5.32 Å². The Bertz CT molecular complexity index is 542. The number of hydrogen-bond donors (Lipinski definition) is 1. The number of anilines is 1. The first-order valence-electron chi connectivity index (χ1n) is 4.73. The molecule has 2 heterocycles. The van der Waals surface area contributed by atoms with Crippen LogP contribution in [0.2, 0.25) is 15.2 Å². The van der Waals surface area contributed by atoms with E-state index in [1.807, 2.05) is 13.1 Å². The van der Waals surface area contributed by atoms with E-state index in [9.17, 15) is 0 Å². The smallest absolute Gasteiger partial charge is 0.150 e. The summed E-state index contributed by atoms with van der Waals surface area (Å²) in [6.45, 7) is 2.56. The molecule has 0 bridgehead atoms. The van der Waals surface area contributed by atoms with Crippen molar-refractivity contribution < 1.29 is 0 Å². The standard InChI is InChI=1S/C10H8Cl3N3S/c1-5-3-14-8(17-5)4-15-10-7(12)2-6(11)9(13)16-10/h2-3H,4H2,1H3,(H,15,16). The maximum Gasteiger partial charge on any atom is 0.150 e. The SMILES string of the molecule is Cc1cnc(CNc2nc(Cl)c(Cl)cc2Cl)s1. The maximum absolute atomic E-state index is 5.99. The van der Waals surface area contributed by atoms with Crippen molar-refractivity contribution in [3.8, 4) is 0 Å². The first kappa shape index (κ1) is 12.9. The first-order valence-corrected chi connectivity index (χ1v) is 6.68. The molecule has 0 radical (unpaired) electrons. The van der Waals surface area contributed by atoms with Gasteiger partial charge in [-0.1, -0.05) is 34.8 Å². The zero-order valence-electron chi connectivity index (χ0n) is 8.80. The molecule has 90 valence electrons. The van der Waals surface area contributed by atoms with Crippen LogP contribution in [0.5, 0.6) is 0 Å². The van der Waals surface area contributed by atoms with Crippen molar-refractivity contribution in [3.05, 3.63) is 37.3 Å². The van der Waals surface area contributed by atoms with E-state index in [1.165, 1.54) is 0 Å². The Morgan fingerprint density at radius 2 is 2.06 bits per heavy atom. The maximum atomic E-state index is 5.99. The van der Waals surface area contributed by atoms with Crippen molar-refractivity contribution in [1.82, 2.24) is 9.97 Å². The molecule has 0 aliphatic rings. The van der Waals surface area contributed by atoms with Crippen LogP contribution < -0.4 is 5.32 Å². The van der Waals surface area contributed by atoms with Gasteiger partial charge in [-0.3, -0.25) is 0 Å². The van der Waals surface area contributed by atoms with Gasteiger partial charge in [0.2, 0.25) is 0 Å². The van der Waals surface area contributed by atoms with Gasteiger partial charge in [0.15, 0.2) is 0 Å². The minimum absolute atomic E-state index is 0.230. The zero-order valence-corrected chi connectivity index (χ0v) is 11.9. The molecule has 7 heteroatoms. The second kappa shape index (κ2) is 5.40. The molecule has 0 saturated carbocycles. The highest BCUT2D eigenvalue weighted by Crippen LogP contribution is 2.29. The molecule has 0 saturated heterocycles.